The predicted molar refractivity (Wildman–Crippen MR) is 109 cm³/mol. The largest absolute Gasteiger partial charge is 0.497 e. The molecule has 148 valence electrons. The third-order valence-corrected chi connectivity index (χ3v) is 5.12. The molecule has 0 aliphatic heterocycles. The van der Waals surface area contributed by atoms with Crippen molar-refractivity contribution in [2.24, 2.45) is 11.8 Å². The van der Waals surface area contributed by atoms with E-state index in [2.05, 4.69) is 17.6 Å². The molecule has 2 amide bonds. The van der Waals surface area contributed by atoms with Gasteiger partial charge in [-0.2, -0.15) is 0 Å². The number of para-hydroxylation sites is 1. The van der Waals surface area contributed by atoms with Crippen LogP contribution in [0.2, 0.25) is 0 Å². The van der Waals surface area contributed by atoms with Crippen molar-refractivity contribution in [2.75, 3.05) is 24.9 Å². The van der Waals surface area contributed by atoms with Crippen LogP contribution in [0.15, 0.2) is 36.4 Å². The number of aryl methyl sites for hydroxylation is 2. The number of nitrogens with one attached hydrogen (secondary N) is 2. The van der Waals surface area contributed by atoms with Gasteiger partial charge in [-0.25, -0.2) is 0 Å². The Labute approximate surface area is 165 Å². The minimum atomic E-state index is -0.332. The molecule has 2 aromatic rings. The topological polar surface area (TPSA) is 76.7 Å². The van der Waals surface area contributed by atoms with E-state index in [1.807, 2.05) is 25.1 Å². The predicted octanol–water partition coefficient (Wildman–Crippen LogP) is 3.79. The minimum Gasteiger partial charge on any atom is -0.497 e. The summed E-state index contributed by atoms with van der Waals surface area (Å²) >= 11 is 0. The van der Waals surface area contributed by atoms with Crippen molar-refractivity contribution in [3.63, 3.8) is 0 Å². The zero-order valence-electron chi connectivity index (χ0n) is 16.7. The first-order valence-corrected chi connectivity index (χ1v) is 9.40. The maximum Gasteiger partial charge on any atom is 0.228 e. The smallest absolute Gasteiger partial charge is 0.228 e. The van der Waals surface area contributed by atoms with E-state index in [9.17, 15) is 9.59 Å². The van der Waals surface area contributed by atoms with Crippen LogP contribution >= 0.6 is 0 Å². The Morgan fingerprint density at radius 1 is 1.04 bits per heavy atom. The zero-order valence-corrected chi connectivity index (χ0v) is 16.7. The molecule has 6 nitrogen and oxygen atoms in total. The molecule has 3 rings (SSSR count). The van der Waals surface area contributed by atoms with E-state index in [0.717, 1.165) is 23.2 Å². The summed E-state index contributed by atoms with van der Waals surface area (Å²) in [6.45, 7) is 4.03. The van der Waals surface area contributed by atoms with Crippen LogP contribution < -0.4 is 20.1 Å². The average molecular weight is 382 g/mol. The quantitative estimate of drug-likeness (QED) is 0.764. The van der Waals surface area contributed by atoms with Crippen molar-refractivity contribution in [3.05, 3.63) is 47.5 Å². The second-order valence-corrected chi connectivity index (χ2v) is 6.96. The van der Waals surface area contributed by atoms with Gasteiger partial charge in [0.05, 0.1) is 31.7 Å². The lowest BCUT2D eigenvalue weighted by atomic mass is 10.1. The average Bonchev–Trinajstić information content (AvgIpc) is 3.51. The number of amides is 2. The van der Waals surface area contributed by atoms with E-state index in [1.165, 1.54) is 7.11 Å². The summed E-state index contributed by atoms with van der Waals surface area (Å²) in [4.78, 5) is 25.2. The molecule has 0 spiro atoms. The zero-order chi connectivity index (χ0) is 20.3. The SMILES string of the molecule is CCc1cccc(C)c1NC(=O)C1CC1C(=O)Nc1ccc(OC)cc1OC. The maximum atomic E-state index is 12.6. The highest BCUT2D eigenvalue weighted by Crippen LogP contribution is 2.41. The summed E-state index contributed by atoms with van der Waals surface area (Å²) in [6, 6.07) is 11.2. The number of rotatable bonds is 7. The molecule has 1 fully saturated rings. The van der Waals surface area contributed by atoms with Crippen molar-refractivity contribution in [3.8, 4) is 11.5 Å². The number of ether oxygens (including phenoxy) is 2. The molecule has 28 heavy (non-hydrogen) atoms. The number of methoxy groups -OCH3 is 2. The molecule has 1 aliphatic rings. The highest BCUT2D eigenvalue weighted by atomic mass is 16.5. The monoisotopic (exact) mass is 382 g/mol. The fourth-order valence-electron chi connectivity index (χ4n) is 3.32. The van der Waals surface area contributed by atoms with E-state index >= 15 is 0 Å². The van der Waals surface area contributed by atoms with Crippen LogP contribution in [0, 0.1) is 18.8 Å². The molecule has 0 saturated heterocycles. The van der Waals surface area contributed by atoms with Gasteiger partial charge < -0.3 is 20.1 Å². The van der Waals surface area contributed by atoms with Crippen LogP contribution in [-0.2, 0) is 16.0 Å². The maximum absolute atomic E-state index is 12.6. The number of hydrogen-bond acceptors (Lipinski definition) is 4. The number of carbonyl (C=O) groups excluding carboxylic acids is 2. The van der Waals surface area contributed by atoms with Gasteiger partial charge in [0.1, 0.15) is 11.5 Å². The molecule has 2 unspecified atom stereocenters. The lowest BCUT2D eigenvalue weighted by molar-refractivity contribution is -0.122. The Morgan fingerprint density at radius 2 is 1.75 bits per heavy atom. The molecule has 6 heteroatoms. The van der Waals surface area contributed by atoms with Crippen molar-refractivity contribution in [1.82, 2.24) is 0 Å². The summed E-state index contributed by atoms with van der Waals surface area (Å²) in [6.07, 6.45) is 1.38. The van der Waals surface area contributed by atoms with Crippen molar-refractivity contribution >= 4 is 23.2 Å². The van der Waals surface area contributed by atoms with E-state index in [-0.39, 0.29) is 23.7 Å². The summed E-state index contributed by atoms with van der Waals surface area (Å²) in [5.41, 5.74) is 3.54. The van der Waals surface area contributed by atoms with Crippen LogP contribution in [0.4, 0.5) is 11.4 Å². The molecule has 2 aromatic carbocycles. The Kier molecular flexibility index (Phi) is 5.87. The van der Waals surface area contributed by atoms with Gasteiger partial charge in [-0.05, 0) is 43.0 Å². The first-order valence-electron chi connectivity index (χ1n) is 9.40. The normalized spacial score (nSPS) is 17.6. The van der Waals surface area contributed by atoms with Gasteiger partial charge in [0.2, 0.25) is 11.8 Å². The second-order valence-electron chi connectivity index (χ2n) is 6.96. The molecule has 0 heterocycles. The Balaban J connectivity index is 1.64. The van der Waals surface area contributed by atoms with Gasteiger partial charge in [-0.15, -0.1) is 0 Å². The van der Waals surface area contributed by atoms with Gasteiger partial charge in [0.25, 0.3) is 0 Å². The Bertz CT molecular complexity index is 894. The third kappa shape index (κ3) is 4.11. The number of anilines is 2. The second kappa shape index (κ2) is 8.33. The summed E-state index contributed by atoms with van der Waals surface area (Å²) < 4.78 is 10.5. The van der Waals surface area contributed by atoms with Crippen molar-refractivity contribution in [2.45, 2.75) is 26.7 Å². The standard InChI is InChI=1S/C22H26N2O4/c1-5-14-8-6-7-13(2)20(14)24-22(26)17-12-16(17)21(25)23-18-10-9-15(27-3)11-19(18)28-4/h6-11,16-17H,5,12H2,1-4H3,(H,23,25)(H,24,26). The molecule has 0 bridgehead atoms. The lowest BCUT2D eigenvalue weighted by Gasteiger charge is -2.13. The number of carbonyl (C=O) groups is 2. The van der Waals surface area contributed by atoms with Crippen LogP contribution in [0.5, 0.6) is 11.5 Å². The molecule has 1 saturated carbocycles. The molecule has 1 aliphatic carbocycles. The number of hydrogen-bond donors (Lipinski definition) is 2. The van der Waals surface area contributed by atoms with Crippen LogP contribution in [0.1, 0.15) is 24.5 Å². The first-order chi connectivity index (χ1) is 13.5. The van der Waals surface area contributed by atoms with E-state index in [0.29, 0.717) is 23.6 Å². The van der Waals surface area contributed by atoms with Gasteiger partial charge in [-0.1, -0.05) is 25.1 Å². The highest BCUT2D eigenvalue weighted by molar-refractivity contribution is 6.04. The van der Waals surface area contributed by atoms with Crippen LogP contribution in [0.3, 0.4) is 0 Å². The van der Waals surface area contributed by atoms with Crippen LogP contribution in [-0.4, -0.2) is 26.0 Å². The molecular formula is C22H26N2O4. The molecule has 2 N–H and O–H groups in total. The Hall–Kier alpha value is -3.02. The van der Waals surface area contributed by atoms with Crippen molar-refractivity contribution in [1.29, 1.82) is 0 Å². The fraction of sp³-hybridized carbons (Fsp3) is 0.364. The third-order valence-electron chi connectivity index (χ3n) is 5.12. The van der Waals surface area contributed by atoms with Gasteiger partial charge in [0, 0.05) is 11.8 Å². The van der Waals surface area contributed by atoms with Gasteiger partial charge in [-0.3, -0.25) is 9.59 Å². The molecule has 0 radical (unpaired) electrons. The van der Waals surface area contributed by atoms with Gasteiger partial charge >= 0.3 is 0 Å². The Morgan fingerprint density at radius 3 is 2.39 bits per heavy atom. The first kappa shape index (κ1) is 19.7. The summed E-state index contributed by atoms with van der Waals surface area (Å²) in [7, 11) is 3.10. The number of benzene rings is 2. The molecule has 2 atom stereocenters. The van der Waals surface area contributed by atoms with E-state index in [4.69, 9.17) is 9.47 Å². The molecular weight excluding hydrogens is 356 g/mol. The summed E-state index contributed by atoms with van der Waals surface area (Å²) in [5.74, 6) is 0.231. The molecule has 0 aromatic heterocycles. The fourth-order valence-corrected chi connectivity index (χ4v) is 3.32. The van der Waals surface area contributed by atoms with Crippen LogP contribution in [0.25, 0.3) is 0 Å². The lowest BCUT2D eigenvalue weighted by Crippen LogP contribution is -2.21. The summed E-state index contributed by atoms with van der Waals surface area (Å²) in [5, 5.41) is 5.88. The highest BCUT2D eigenvalue weighted by Gasteiger charge is 2.48. The van der Waals surface area contributed by atoms with Crippen molar-refractivity contribution < 1.29 is 19.1 Å². The van der Waals surface area contributed by atoms with E-state index < -0.39 is 0 Å². The van der Waals surface area contributed by atoms with Gasteiger partial charge in [0.15, 0.2) is 0 Å². The van der Waals surface area contributed by atoms with E-state index in [1.54, 1.807) is 25.3 Å². The minimum absolute atomic E-state index is 0.106.